The number of nitrogens with zero attached hydrogens (tertiary/aromatic N) is 2. The summed E-state index contributed by atoms with van der Waals surface area (Å²) in [6, 6.07) is 7.35. The van der Waals surface area contributed by atoms with E-state index < -0.39 is 6.10 Å². The molecule has 2 heterocycles. The molecule has 1 fully saturated rings. The van der Waals surface area contributed by atoms with E-state index in [9.17, 15) is 9.59 Å². The lowest BCUT2D eigenvalue weighted by molar-refractivity contribution is -0.141. The van der Waals surface area contributed by atoms with Gasteiger partial charge in [0.2, 0.25) is 12.0 Å². The first kappa shape index (κ1) is 14.7. The third-order valence-corrected chi connectivity index (χ3v) is 4.04. The zero-order valence-electron chi connectivity index (χ0n) is 12.7. The first-order chi connectivity index (χ1) is 10.6. The molecule has 1 saturated heterocycles. The fourth-order valence-corrected chi connectivity index (χ4v) is 2.80. The van der Waals surface area contributed by atoms with Crippen molar-refractivity contribution in [1.82, 2.24) is 9.80 Å². The molecular weight excluding hydrogens is 284 g/mol. The molecule has 1 atom stereocenters. The Kier molecular flexibility index (Phi) is 4.18. The van der Waals surface area contributed by atoms with E-state index in [1.165, 1.54) is 0 Å². The second kappa shape index (κ2) is 6.25. The van der Waals surface area contributed by atoms with Gasteiger partial charge in [-0.2, -0.15) is 0 Å². The van der Waals surface area contributed by atoms with E-state index in [1.807, 2.05) is 18.2 Å². The topological polar surface area (TPSA) is 59.1 Å². The fraction of sp³-hybridized carbons (Fsp3) is 0.500. The second-order valence-electron chi connectivity index (χ2n) is 5.55. The van der Waals surface area contributed by atoms with Crippen LogP contribution >= 0.6 is 0 Å². The van der Waals surface area contributed by atoms with Crippen LogP contribution in [0.15, 0.2) is 24.3 Å². The van der Waals surface area contributed by atoms with E-state index in [4.69, 9.17) is 9.47 Å². The second-order valence-corrected chi connectivity index (χ2v) is 5.55. The summed E-state index contributed by atoms with van der Waals surface area (Å²) in [4.78, 5) is 27.6. The van der Waals surface area contributed by atoms with Crippen LogP contribution in [0.4, 0.5) is 0 Å². The molecule has 1 aromatic carbocycles. The molecule has 0 spiro atoms. The summed E-state index contributed by atoms with van der Waals surface area (Å²) in [6.07, 6.45) is 0.175. The minimum absolute atomic E-state index is 0.0560. The van der Waals surface area contributed by atoms with Crippen LogP contribution in [0.25, 0.3) is 0 Å². The highest BCUT2D eigenvalue weighted by atomic mass is 16.6. The summed E-state index contributed by atoms with van der Waals surface area (Å²) in [5.41, 5.74) is 0. The van der Waals surface area contributed by atoms with Crippen molar-refractivity contribution in [1.29, 1.82) is 0 Å². The van der Waals surface area contributed by atoms with Crippen LogP contribution in [-0.2, 0) is 9.59 Å². The average molecular weight is 304 g/mol. The van der Waals surface area contributed by atoms with E-state index in [0.29, 0.717) is 37.7 Å². The highest BCUT2D eigenvalue weighted by molar-refractivity contribution is 5.82. The van der Waals surface area contributed by atoms with Crippen molar-refractivity contribution in [2.24, 2.45) is 0 Å². The summed E-state index contributed by atoms with van der Waals surface area (Å²) in [5, 5.41) is 0. The predicted octanol–water partition coefficient (Wildman–Crippen LogP) is 0.907. The van der Waals surface area contributed by atoms with Gasteiger partial charge in [0.25, 0.3) is 5.91 Å². The number of carbonyl (C=O) groups is 2. The normalized spacial score (nSPS) is 21.2. The number of amides is 2. The Morgan fingerprint density at radius 3 is 2.50 bits per heavy atom. The Bertz CT molecular complexity index is 575. The van der Waals surface area contributed by atoms with Gasteiger partial charge >= 0.3 is 0 Å². The van der Waals surface area contributed by atoms with Crippen LogP contribution < -0.4 is 9.47 Å². The molecule has 0 bridgehead atoms. The van der Waals surface area contributed by atoms with Crippen LogP contribution in [-0.4, -0.2) is 60.5 Å². The summed E-state index contributed by atoms with van der Waals surface area (Å²) in [5.74, 6) is 1.26. The zero-order chi connectivity index (χ0) is 15.5. The Morgan fingerprint density at radius 2 is 1.73 bits per heavy atom. The smallest absolute Gasteiger partial charge is 0.267 e. The van der Waals surface area contributed by atoms with Gasteiger partial charge in [0.15, 0.2) is 11.5 Å². The van der Waals surface area contributed by atoms with Crippen LogP contribution in [0.5, 0.6) is 11.5 Å². The van der Waals surface area contributed by atoms with E-state index >= 15 is 0 Å². The summed E-state index contributed by atoms with van der Waals surface area (Å²) < 4.78 is 11.4. The van der Waals surface area contributed by atoms with Crippen molar-refractivity contribution < 1.29 is 19.1 Å². The van der Waals surface area contributed by atoms with Gasteiger partial charge < -0.3 is 19.3 Å². The van der Waals surface area contributed by atoms with Crippen molar-refractivity contribution in [2.75, 3.05) is 32.8 Å². The molecule has 22 heavy (non-hydrogen) atoms. The molecule has 1 aromatic rings. The Balaban J connectivity index is 1.64. The van der Waals surface area contributed by atoms with Gasteiger partial charge in [0.1, 0.15) is 6.61 Å². The van der Waals surface area contributed by atoms with Gasteiger partial charge in [-0.1, -0.05) is 12.1 Å². The number of ether oxygens (including phenoxy) is 2. The molecular formula is C16H20N2O4. The lowest BCUT2D eigenvalue weighted by Crippen LogP contribution is -2.47. The van der Waals surface area contributed by atoms with Gasteiger partial charge in [0, 0.05) is 33.1 Å². The number of para-hydroxylation sites is 2. The van der Waals surface area contributed by atoms with Gasteiger partial charge in [-0.05, 0) is 18.6 Å². The van der Waals surface area contributed by atoms with Crippen molar-refractivity contribution in [3.8, 4) is 11.5 Å². The van der Waals surface area contributed by atoms with E-state index in [2.05, 4.69) is 0 Å². The summed E-state index contributed by atoms with van der Waals surface area (Å²) in [7, 11) is 0. The molecule has 0 radical (unpaired) electrons. The molecule has 2 aliphatic rings. The first-order valence-corrected chi connectivity index (χ1v) is 7.58. The molecule has 0 unspecified atom stereocenters. The van der Waals surface area contributed by atoms with Crippen molar-refractivity contribution in [3.63, 3.8) is 0 Å². The monoisotopic (exact) mass is 304 g/mol. The molecule has 3 rings (SSSR count). The first-order valence-electron chi connectivity index (χ1n) is 7.58. The number of benzene rings is 1. The third-order valence-electron chi connectivity index (χ3n) is 4.04. The van der Waals surface area contributed by atoms with Crippen molar-refractivity contribution >= 4 is 11.8 Å². The minimum Gasteiger partial charge on any atom is -0.485 e. The number of fused-ring (bicyclic) bond motifs is 1. The average Bonchev–Trinajstić information content (AvgIpc) is 2.80. The number of hydrogen-bond acceptors (Lipinski definition) is 4. The SMILES string of the molecule is CC(=O)N1CCCN(C(=O)[C@@H]2COc3ccccc3O2)CC1. The highest BCUT2D eigenvalue weighted by Gasteiger charge is 2.32. The lowest BCUT2D eigenvalue weighted by Gasteiger charge is -2.30. The van der Waals surface area contributed by atoms with Gasteiger partial charge in [-0.15, -0.1) is 0 Å². The van der Waals surface area contributed by atoms with Crippen LogP contribution in [0, 0.1) is 0 Å². The van der Waals surface area contributed by atoms with Crippen LogP contribution in [0.1, 0.15) is 13.3 Å². The number of hydrogen-bond donors (Lipinski definition) is 0. The maximum absolute atomic E-state index is 12.6. The molecule has 6 nitrogen and oxygen atoms in total. The summed E-state index contributed by atoms with van der Waals surface area (Å²) in [6.45, 7) is 4.24. The largest absolute Gasteiger partial charge is 0.485 e. The molecule has 118 valence electrons. The van der Waals surface area contributed by atoms with E-state index in [-0.39, 0.29) is 18.4 Å². The van der Waals surface area contributed by atoms with Crippen molar-refractivity contribution in [3.05, 3.63) is 24.3 Å². The predicted molar refractivity (Wildman–Crippen MR) is 79.8 cm³/mol. The van der Waals surface area contributed by atoms with E-state index in [1.54, 1.807) is 22.8 Å². The van der Waals surface area contributed by atoms with E-state index in [0.717, 1.165) is 6.42 Å². The Morgan fingerprint density at radius 1 is 1.05 bits per heavy atom. The van der Waals surface area contributed by atoms with Crippen LogP contribution in [0.3, 0.4) is 0 Å². The molecule has 2 amide bonds. The van der Waals surface area contributed by atoms with Gasteiger partial charge in [-0.3, -0.25) is 9.59 Å². The number of rotatable bonds is 1. The fourth-order valence-electron chi connectivity index (χ4n) is 2.80. The standard InChI is InChI=1S/C16H20N2O4/c1-12(19)17-7-4-8-18(10-9-17)16(20)15-11-21-13-5-2-3-6-14(13)22-15/h2-3,5-6,15H,4,7-11H2,1H3/t15-/m0/s1. The Hall–Kier alpha value is -2.24. The van der Waals surface area contributed by atoms with Crippen LogP contribution in [0.2, 0.25) is 0 Å². The molecule has 0 saturated carbocycles. The maximum Gasteiger partial charge on any atom is 0.267 e. The molecule has 2 aliphatic heterocycles. The van der Waals surface area contributed by atoms with Gasteiger partial charge in [-0.25, -0.2) is 0 Å². The molecule has 0 N–H and O–H groups in total. The maximum atomic E-state index is 12.6. The third kappa shape index (κ3) is 3.00. The van der Waals surface area contributed by atoms with Gasteiger partial charge in [0.05, 0.1) is 0 Å². The minimum atomic E-state index is -0.612. The lowest BCUT2D eigenvalue weighted by atomic mass is 10.2. The summed E-state index contributed by atoms with van der Waals surface area (Å²) >= 11 is 0. The number of carbonyl (C=O) groups excluding carboxylic acids is 2. The molecule has 6 heteroatoms. The molecule has 0 aromatic heterocycles. The van der Waals surface area contributed by atoms with Crippen molar-refractivity contribution in [2.45, 2.75) is 19.4 Å². The Labute approximate surface area is 129 Å². The molecule has 0 aliphatic carbocycles. The zero-order valence-corrected chi connectivity index (χ0v) is 12.7. The quantitative estimate of drug-likeness (QED) is 0.774. The highest BCUT2D eigenvalue weighted by Crippen LogP contribution is 2.31.